The molecule has 2 aromatic carbocycles. The molecule has 3 rings (SSSR count). The highest BCUT2D eigenvalue weighted by Crippen LogP contribution is 2.19. The maximum absolute atomic E-state index is 12.1. The molecule has 0 radical (unpaired) electrons. The minimum Gasteiger partial charge on any atom is -0.339 e. The Bertz CT molecular complexity index is 951. The highest BCUT2D eigenvalue weighted by molar-refractivity contribution is 6.30. The van der Waals surface area contributed by atoms with Crippen molar-refractivity contribution in [2.45, 2.75) is 26.2 Å². The van der Waals surface area contributed by atoms with E-state index in [1.165, 1.54) is 6.92 Å². The molecule has 0 saturated carbocycles. The minimum atomic E-state index is -0.131. The number of hydrogen-bond donors (Lipinski definition) is 1. The number of carbonyl (C=O) groups excluding carboxylic acids is 2. The number of amides is 1. The summed E-state index contributed by atoms with van der Waals surface area (Å²) in [5, 5.41) is 7.38. The van der Waals surface area contributed by atoms with Crippen LogP contribution < -0.4 is 5.32 Å². The van der Waals surface area contributed by atoms with Gasteiger partial charge >= 0.3 is 0 Å². The third-order valence-electron chi connectivity index (χ3n) is 3.92. The number of anilines is 1. The van der Waals surface area contributed by atoms with Gasteiger partial charge in [-0.15, -0.1) is 0 Å². The Morgan fingerprint density at radius 2 is 1.93 bits per heavy atom. The zero-order valence-electron chi connectivity index (χ0n) is 14.7. The SMILES string of the molecule is CC(=O)c1cccc(NC(=O)CCCc2nc(-c3ccc(Cl)cc3)no2)c1. The van der Waals surface area contributed by atoms with Crippen molar-refractivity contribution in [1.29, 1.82) is 0 Å². The highest BCUT2D eigenvalue weighted by atomic mass is 35.5. The van der Waals surface area contributed by atoms with Gasteiger partial charge in [-0.25, -0.2) is 0 Å². The fourth-order valence-corrected chi connectivity index (χ4v) is 2.64. The number of Topliss-reactive ketones (excluding diaryl/α,β-unsaturated/α-hetero) is 1. The van der Waals surface area contributed by atoms with Crippen molar-refractivity contribution in [2.75, 3.05) is 5.32 Å². The fourth-order valence-electron chi connectivity index (χ4n) is 2.51. The number of ketones is 1. The predicted octanol–water partition coefficient (Wildman–Crippen LogP) is 4.55. The number of carbonyl (C=O) groups is 2. The van der Waals surface area contributed by atoms with E-state index in [0.29, 0.717) is 47.3 Å². The first-order valence-corrected chi connectivity index (χ1v) is 8.88. The van der Waals surface area contributed by atoms with Crippen LogP contribution in [0.3, 0.4) is 0 Å². The van der Waals surface area contributed by atoms with E-state index >= 15 is 0 Å². The van der Waals surface area contributed by atoms with Crippen molar-refractivity contribution in [2.24, 2.45) is 0 Å². The average molecular weight is 384 g/mol. The zero-order valence-corrected chi connectivity index (χ0v) is 15.5. The third kappa shape index (κ3) is 5.24. The summed E-state index contributed by atoms with van der Waals surface area (Å²) in [5.74, 6) is 0.797. The first-order valence-electron chi connectivity index (χ1n) is 8.50. The monoisotopic (exact) mass is 383 g/mol. The lowest BCUT2D eigenvalue weighted by Gasteiger charge is -2.05. The number of rotatable bonds is 7. The lowest BCUT2D eigenvalue weighted by atomic mass is 10.1. The number of nitrogens with one attached hydrogen (secondary N) is 1. The molecule has 0 aliphatic heterocycles. The molecule has 0 bridgehead atoms. The maximum Gasteiger partial charge on any atom is 0.226 e. The molecule has 27 heavy (non-hydrogen) atoms. The van der Waals surface area contributed by atoms with Crippen LogP contribution in [-0.4, -0.2) is 21.8 Å². The molecule has 1 heterocycles. The predicted molar refractivity (Wildman–Crippen MR) is 103 cm³/mol. The van der Waals surface area contributed by atoms with Crippen LogP contribution >= 0.6 is 11.6 Å². The van der Waals surface area contributed by atoms with Gasteiger partial charge < -0.3 is 9.84 Å². The van der Waals surface area contributed by atoms with Crippen LogP contribution in [0.5, 0.6) is 0 Å². The minimum absolute atomic E-state index is 0.0426. The van der Waals surface area contributed by atoms with Crippen LogP contribution in [0.4, 0.5) is 5.69 Å². The molecule has 0 saturated heterocycles. The molecule has 1 aromatic heterocycles. The molecule has 0 aliphatic rings. The molecule has 3 aromatic rings. The smallest absolute Gasteiger partial charge is 0.226 e. The topological polar surface area (TPSA) is 85.1 Å². The molecule has 138 valence electrons. The Hall–Kier alpha value is -2.99. The molecule has 0 atom stereocenters. The first-order chi connectivity index (χ1) is 13.0. The summed E-state index contributed by atoms with van der Waals surface area (Å²) in [5.41, 5.74) is 1.99. The molecule has 1 N–H and O–H groups in total. The Morgan fingerprint density at radius 1 is 1.15 bits per heavy atom. The first kappa shape index (κ1) is 18.8. The van der Waals surface area contributed by atoms with E-state index < -0.39 is 0 Å². The Kier molecular flexibility index (Phi) is 5.98. The van der Waals surface area contributed by atoms with Gasteiger partial charge in [0.15, 0.2) is 5.78 Å². The Morgan fingerprint density at radius 3 is 2.67 bits per heavy atom. The van der Waals surface area contributed by atoms with Crippen LogP contribution in [0, 0.1) is 0 Å². The molecule has 6 nitrogen and oxygen atoms in total. The van der Waals surface area contributed by atoms with Crippen molar-refractivity contribution in [1.82, 2.24) is 10.1 Å². The number of halogens is 1. The quantitative estimate of drug-likeness (QED) is 0.605. The van der Waals surface area contributed by atoms with Gasteiger partial charge in [0.25, 0.3) is 0 Å². The van der Waals surface area contributed by atoms with Crippen LogP contribution in [0.25, 0.3) is 11.4 Å². The van der Waals surface area contributed by atoms with Gasteiger partial charge in [0, 0.05) is 34.7 Å². The standard InChI is InChI=1S/C20H18ClN3O3/c1-13(25)15-4-2-5-17(12-15)22-18(26)6-3-7-19-23-20(24-27-19)14-8-10-16(21)11-9-14/h2,4-5,8-12H,3,6-7H2,1H3,(H,22,26). The lowest BCUT2D eigenvalue weighted by molar-refractivity contribution is -0.116. The van der Waals surface area contributed by atoms with Gasteiger partial charge in [-0.1, -0.05) is 28.9 Å². The number of aryl methyl sites for hydroxylation is 1. The summed E-state index contributed by atoms with van der Waals surface area (Å²) in [7, 11) is 0. The van der Waals surface area contributed by atoms with Gasteiger partial charge in [-0.2, -0.15) is 4.98 Å². The second-order valence-corrected chi connectivity index (χ2v) is 6.49. The highest BCUT2D eigenvalue weighted by Gasteiger charge is 2.10. The zero-order chi connectivity index (χ0) is 19.2. The van der Waals surface area contributed by atoms with Gasteiger partial charge in [-0.05, 0) is 49.7 Å². The number of benzene rings is 2. The number of hydrogen-bond acceptors (Lipinski definition) is 5. The van der Waals surface area contributed by atoms with E-state index in [1.54, 1.807) is 36.4 Å². The molecule has 0 spiro atoms. The average Bonchev–Trinajstić information content (AvgIpc) is 3.11. The van der Waals surface area contributed by atoms with Crippen molar-refractivity contribution in [3.05, 3.63) is 65.0 Å². The molecular weight excluding hydrogens is 366 g/mol. The molecule has 0 unspecified atom stereocenters. The van der Waals surface area contributed by atoms with Gasteiger partial charge in [0.05, 0.1) is 0 Å². The molecular formula is C20H18ClN3O3. The van der Waals surface area contributed by atoms with E-state index in [2.05, 4.69) is 15.5 Å². The van der Waals surface area contributed by atoms with E-state index in [1.807, 2.05) is 12.1 Å². The summed E-state index contributed by atoms with van der Waals surface area (Å²) < 4.78 is 5.23. The van der Waals surface area contributed by atoms with E-state index in [0.717, 1.165) is 5.56 Å². The Balaban J connectivity index is 1.50. The van der Waals surface area contributed by atoms with E-state index in [4.69, 9.17) is 16.1 Å². The van der Waals surface area contributed by atoms with Crippen molar-refractivity contribution < 1.29 is 14.1 Å². The van der Waals surface area contributed by atoms with Crippen molar-refractivity contribution in [3.8, 4) is 11.4 Å². The van der Waals surface area contributed by atoms with Gasteiger partial charge in [0.2, 0.25) is 17.6 Å². The third-order valence-corrected chi connectivity index (χ3v) is 4.17. The summed E-state index contributed by atoms with van der Waals surface area (Å²) in [6.45, 7) is 1.49. The molecule has 0 aliphatic carbocycles. The van der Waals surface area contributed by atoms with Crippen molar-refractivity contribution >= 4 is 29.0 Å². The second-order valence-electron chi connectivity index (χ2n) is 6.06. The van der Waals surface area contributed by atoms with Crippen LogP contribution in [0.1, 0.15) is 36.0 Å². The van der Waals surface area contributed by atoms with Crippen LogP contribution in [0.15, 0.2) is 53.1 Å². The normalized spacial score (nSPS) is 10.6. The molecule has 1 amide bonds. The van der Waals surface area contributed by atoms with Crippen molar-refractivity contribution in [3.63, 3.8) is 0 Å². The largest absolute Gasteiger partial charge is 0.339 e. The van der Waals surface area contributed by atoms with Gasteiger partial charge in [0.1, 0.15) is 0 Å². The van der Waals surface area contributed by atoms with E-state index in [-0.39, 0.29) is 11.7 Å². The van der Waals surface area contributed by atoms with Crippen LogP contribution in [0.2, 0.25) is 5.02 Å². The number of aromatic nitrogens is 2. The van der Waals surface area contributed by atoms with Gasteiger partial charge in [-0.3, -0.25) is 9.59 Å². The summed E-state index contributed by atoms with van der Waals surface area (Å²) in [6.07, 6.45) is 1.38. The molecule has 0 fully saturated rings. The van der Waals surface area contributed by atoms with Crippen LogP contribution in [-0.2, 0) is 11.2 Å². The summed E-state index contributed by atoms with van der Waals surface area (Å²) in [6, 6.07) is 14.0. The summed E-state index contributed by atoms with van der Waals surface area (Å²) >= 11 is 5.87. The molecule has 7 heteroatoms. The maximum atomic E-state index is 12.1. The lowest BCUT2D eigenvalue weighted by Crippen LogP contribution is -2.12. The number of nitrogens with zero attached hydrogens (tertiary/aromatic N) is 2. The fraction of sp³-hybridized carbons (Fsp3) is 0.200. The Labute approximate surface area is 161 Å². The second kappa shape index (κ2) is 8.60. The summed E-state index contributed by atoms with van der Waals surface area (Å²) in [4.78, 5) is 27.8. The van der Waals surface area contributed by atoms with E-state index in [9.17, 15) is 9.59 Å².